The van der Waals surface area contributed by atoms with Gasteiger partial charge >= 0.3 is 12.0 Å². The lowest BCUT2D eigenvalue weighted by atomic mass is 10.2. The van der Waals surface area contributed by atoms with Gasteiger partial charge in [-0.1, -0.05) is 0 Å². The van der Waals surface area contributed by atoms with E-state index in [0.29, 0.717) is 52.5 Å². The van der Waals surface area contributed by atoms with Crippen molar-refractivity contribution in [3.05, 3.63) is 0 Å². The quantitative estimate of drug-likeness (QED) is 0.585. The first-order valence-corrected chi connectivity index (χ1v) is 7.12. The topological polar surface area (TPSA) is 91.3 Å². The molecule has 0 radical (unpaired) electrons. The van der Waals surface area contributed by atoms with Crippen LogP contribution in [0.3, 0.4) is 0 Å². The molecular formula is C13H25N3O5. The van der Waals surface area contributed by atoms with Crippen molar-refractivity contribution in [3.8, 4) is 0 Å². The van der Waals surface area contributed by atoms with Gasteiger partial charge in [0.2, 0.25) is 0 Å². The van der Waals surface area contributed by atoms with Crippen LogP contribution >= 0.6 is 0 Å². The number of methoxy groups -OCH3 is 1. The monoisotopic (exact) mass is 303 g/mol. The van der Waals surface area contributed by atoms with Gasteiger partial charge in [0.1, 0.15) is 6.04 Å². The maximum Gasteiger partial charge on any atom is 0.320 e. The Bertz CT molecular complexity index is 332. The van der Waals surface area contributed by atoms with E-state index in [1.165, 1.54) is 0 Å². The van der Waals surface area contributed by atoms with E-state index < -0.39 is 12.0 Å². The van der Waals surface area contributed by atoms with E-state index in [-0.39, 0.29) is 6.03 Å². The highest BCUT2D eigenvalue weighted by Crippen LogP contribution is 2.06. The van der Waals surface area contributed by atoms with Gasteiger partial charge < -0.3 is 24.8 Å². The summed E-state index contributed by atoms with van der Waals surface area (Å²) in [5.41, 5.74) is 0. The van der Waals surface area contributed by atoms with E-state index in [1.807, 2.05) is 4.90 Å². The van der Waals surface area contributed by atoms with E-state index in [1.54, 1.807) is 18.9 Å². The summed E-state index contributed by atoms with van der Waals surface area (Å²) in [4.78, 5) is 26.4. The lowest BCUT2D eigenvalue weighted by molar-refractivity contribution is -0.143. The number of urea groups is 1. The predicted octanol–water partition coefficient (Wildman–Crippen LogP) is -0.550. The van der Waals surface area contributed by atoms with Crippen LogP contribution in [0.1, 0.15) is 6.92 Å². The first kappa shape index (κ1) is 17.7. The summed E-state index contributed by atoms with van der Waals surface area (Å²) < 4.78 is 10.1. The number of ether oxygens (including phenoxy) is 2. The Kier molecular flexibility index (Phi) is 8.03. The third-order valence-corrected chi connectivity index (χ3v) is 3.46. The molecule has 8 nitrogen and oxygen atoms in total. The van der Waals surface area contributed by atoms with Crippen molar-refractivity contribution >= 4 is 12.0 Å². The molecule has 0 aromatic rings. The van der Waals surface area contributed by atoms with Crippen molar-refractivity contribution < 1.29 is 24.2 Å². The van der Waals surface area contributed by atoms with Gasteiger partial charge in [0.25, 0.3) is 0 Å². The third kappa shape index (κ3) is 6.28. The van der Waals surface area contributed by atoms with E-state index in [2.05, 4.69) is 5.32 Å². The van der Waals surface area contributed by atoms with Gasteiger partial charge in [0.15, 0.2) is 0 Å². The Balaban J connectivity index is 2.15. The molecule has 1 unspecified atom stereocenters. The number of hydrogen-bond donors (Lipinski definition) is 2. The molecule has 2 N–H and O–H groups in total. The summed E-state index contributed by atoms with van der Waals surface area (Å²) in [5, 5.41) is 11.7. The standard InChI is InChI=1S/C13H25N3O5/c1-11(12(17)18)15-4-6-16(7-5-15)13(19)14-3-8-21-10-9-20-2/h11H,3-10H2,1-2H3,(H,14,19)(H,17,18). The Morgan fingerprint density at radius 2 is 1.86 bits per heavy atom. The number of piperazine rings is 1. The Morgan fingerprint density at radius 3 is 2.43 bits per heavy atom. The number of rotatable bonds is 8. The van der Waals surface area contributed by atoms with Crippen LogP contribution in [0.25, 0.3) is 0 Å². The number of aliphatic carboxylic acids is 1. The second-order valence-electron chi connectivity index (χ2n) is 4.87. The zero-order valence-electron chi connectivity index (χ0n) is 12.7. The van der Waals surface area contributed by atoms with Crippen molar-refractivity contribution in [2.75, 3.05) is 59.7 Å². The summed E-state index contributed by atoms with van der Waals surface area (Å²) in [6.45, 7) is 5.84. The minimum absolute atomic E-state index is 0.132. The van der Waals surface area contributed by atoms with Gasteiger partial charge in [-0.2, -0.15) is 0 Å². The van der Waals surface area contributed by atoms with Gasteiger partial charge in [-0.25, -0.2) is 4.79 Å². The van der Waals surface area contributed by atoms with Crippen molar-refractivity contribution in [1.82, 2.24) is 15.1 Å². The fraction of sp³-hybridized carbons (Fsp3) is 0.846. The average molecular weight is 303 g/mol. The van der Waals surface area contributed by atoms with Crippen LogP contribution in [0.2, 0.25) is 0 Å². The number of carbonyl (C=O) groups excluding carboxylic acids is 1. The molecule has 8 heteroatoms. The average Bonchev–Trinajstić information content (AvgIpc) is 2.49. The van der Waals surface area contributed by atoms with E-state index in [4.69, 9.17) is 14.6 Å². The largest absolute Gasteiger partial charge is 0.480 e. The zero-order chi connectivity index (χ0) is 15.7. The van der Waals surface area contributed by atoms with Gasteiger partial charge in [0.05, 0.1) is 19.8 Å². The van der Waals surface area contributed by atoms with Crippen molar-refractivity contribution in [2.24, 2.45) is 0 Å². The van der Waals surface area contributed by atoms with Crippen molar-refractivity contribution in [3.63, 3.8) is 0 Å². The molecule has 0 saturated carbocycles. The minimum atomic E-state index is -0.832. The second-order valence-corrected chi connectivity index (χ2v) is 4.87. The van der Waals surface area contributed by atoms with Crippen LogP contribution in [-0.4, -0.2) is 92.6 Å². The molecule has 0 aliphatic carbocycles. The smallest absolute Gasteiger partial charge is 0.320 e. The SMILES string of the molecule is COCCOCCNC(=O)N1CCN(C(C)C(=O)O)CC1. The fourth-order valence-electron chi connectivity index (χ4n) is 2.05. The molecule has 1 rings (SSSR count). The summed E-state index contributed by atoms with van der Waals surface area (Å²) in [5.74, 6) is -0.832. The van der Waals surface area contributed by atoms with Gasteiger partial charge in [-0.15, -0.1) is 0 Å². The molecule has 1 atom stereocenters. The number of carboxylic acid groups (broad SMARTS) is 1. The number of nitrogens with zero attached hydrogens (tertiary/aromatic N) is 2. The summed E-state index contributed by atoms with van der Waals surface area (Å²) >= 11 is 0. The normalized spacial score (nSPS) is 17.5. The second kappa shape index (κ2) is 9.54. The van der Waals surface area contributed by atoms with Crippen LogP contribution < -0.4 is 5.32 Å². The van der Waals surface area contributed by atoms with Crippen LogP contribution in [0.5, 0.6) is 0 Å². The van der Waals surface area contributed by atoms with Crippen molar-refractivity contribution in [2.45, 2.75) is 13.0 Å². The van der Waals surface area contributed by atoms with E-state index >= 15 is 0 Å². The molecule has 1 fully saturated rings. The summed E-state index contributed by atoms with van der Waals surface area (Å²) in [7, 11) is 1.61. The zero-order valence-corrected chi connectivity index (χ0v) is 12.7. The molecular weight excluding hydrogens is 278 g/mol. The Hall–Kier alpha value is -1.38. The number of hydrogen-bond acceptors (Lipinski definition) is 5. The fourth-order valence-corrected chi connectivity index (χ4v) is 2.05. The molecule has 0 spiro atoms. The van der Waals surface area contributed by atoms with Crippen molar-refractivity contribution in [1.29, 1.82) is 0 Å². The van der Waals surface area contributed by atoms with Crippen LogP contribution in [0.4, 0.5) is 4.79 Å². The first-order chi connectivity index (χ1) is 10.1. The maximum atomic E-state index is 11.9. The van der Waals surface area contributed by atoms with E-state index in [0.717, 1.165) is 0 Å². The lowest BCUT2D eigenvalue weighted by Crippen LogP contribution is -2.55. The molecule has 0 aromatic heterocycles. The lowest BCUT2D eigenvalue weighted by Gasteiger charge is -2.36. The molecule has 2 amide bonds. The number of carbonyl (C=O) groups is 2. The number of amides is 2. The van der Waals surface area contributed by atoms with Crippen LogP contribution in [0, 0.1) is 0 Å². The molecule has 21 heavy (non-hydrogen) atoms. The molecule has 1 aliphatic rings. The molecule has 0 aromatic carbocycles. The van der Waals surface area contributed by atoms with Crippen LogP contribution in [0.15, 0.2) is 0 Å². The number of carboxylic acids is 1. The van der Waals surface area contributed by atoms with Gasteiger partial charge in [-0.05, 0) is 6.92 Å². The molecule has 0 bridgehead atoms. The highest BCUT2D eigenvalue weighted by Gasteiger charge is 2.26. The highest BCUT2D eigenvalue weighted by molar-refractivity contribution is 5.74. The van der Waals surface area contributed by atoms with E-state index in [9.17, 15) is 9.59 Å². The molecule has 1 saturated heterocycles. The molecule has 122 valence electrons. The third-order valence-electron chi connectivity index (χ3n) is 3.46. The number of nitrogens with one attached hydrogen (secondary N) is 1. The maximum absolute atomic E-state index is 11.9. The molecule has 1 aliphatic heterocycles. The summed E-state index contributed by atoms with van der Waals surface area (Å²) in [6, 6.07) is -0.641. The summed E-state index contributed by atoms with van der Waals surface area (Å²) in [6.07, 6.45) is 0. The van der Waals surface area contributed by atoms with Gasteiger partial charge in [0, 0.05) is 39.8 Å². The highest BCUT2D eigenvalue weighted by atomic mass is 16.5. The minimum Gasteiger partial charge on any atom is -0.480 e. The predicted molar refractivity (Wildman–Crippen MR) is 76.3 cm³/mol. The first-order valence-electron chi connectivity index (χ1n) is 7.12. The van der Waals surface area contributed by atoms with Gasteiger partial charge in [-0.3, -0.25) is 9.69 Å². The Labute approximate surface area is 125 Å². The Morgan fingerprint density at radius 1 is 1.19 bits per heavy atom. The van der Waals surface area contributed by atoms with Crippen LogP contribution in [-0.2, 0) is 14.3 Å². The molecule has 1 heterocycles.